The molecule has 0 aliphatic rings. The number of nitrogens with zero attached hydrogens (tertiary/aromatic N) is 3. The maximum atomic E-state index is 5.89. The fourth-order valence-corrected chi connectivity index (χ4v) is 1.72. The van der Waals surface area contributed by atoms with Gasteiger partial charge in [-0.2, -0.15) is 5.10 Å². The Morgan fingerprint density at radius 1 is 1.67 bits per heavy atom. The highest BCUT2D eigenvalue weighted by atomic mass is 16.5. The summed E-state index contributed by atoms with van der Waals surface area (Å²) < 4.78 is 6.87. The molecule has 0 radical (unpaired) electrons. The van der Waals surface area contributed by atoms with E-state index in [1.807, 2.05) is 13.2 Å². The van der Waals surface area contributed by atoms with Gasteiger partial charge in [-0.3, -0.25) is 4.68 Å². The summed E-state index contributed by atoms with van der Waals surface area (Å²) in [5.74, 6) is 0.838. The van der Waals surface area contributed by atoms with E-state index in [1.165, 1.54) is 0 Å². The van der Waals surface area contributed by atoms with Crippen LogP contribution in [0.5, 0.6) is 0 Å². The van der Waals surface area contributed by atoms with E-state index in [1.54, 1.807) is 11.8 Å². The summed E-state index contributed by atoms with van der Waals surface area (Å²) >= 11 is 0. The van der Waals surface area contributed by atoms with Crippen molar-refractivity contribution in [3.05, 3.63) is 6.20 Å². The van der Waals surface area contributed by atoms with Crippen LogP contribution in [0.1, 0.15) is 13.8 Å². The summed E-state index contributed by atoms with van der Waals surface area (Å²) in [5, 5.41) is 4.35. The minimum atomic E-state index is 0.275. The Morgan fingerprint density at radius 2 is 2.33 bits per heavy atom. The summed E-state index contributed by atoms with van der Waals surface area (Å²) in [5.41, 5.74) is 6.60. The van der Waals surface area contributed by atoms with Gasteiger partial charge in [0.2, 0.25) is 0 Å². The summed E-state index contributed by atoms with van der Waals surface area (Å²) in [6, 6.07) is 0.275. The molecule has 1 atom stereocenters. The number of likely N-dealkylation sites (N-methyl/N-ethyl adjacent to an activating group) is 1. The predicted octanol–water partition coefficient (Wildman–Crippen LogP) is 0.863. The van der Waals surface area contributed by atoms with Crippen LogP contribution in [0.25, 0.3) is 0 Å². The Labute approximate surface area is 90.8 Å². The van der Waals surface area contributed by atoms with Crippen molar-refractivity contribution in [1.29, 1.82) is 0 Å². The van der Waals surface area contributed by atoms with Crippen molar-refractivity contribution in [2.75, 3.05) is 30.9 Å². The van der Waals surface area contributed by atoms with E-state index in [2.05, 4.69) is 23.8 Å². The molecule has 0 fully saturated rings. The number of anilines is 2. The lowest BCUT2D eigenvalue weighted by atomic mass is 10.3. The normalized spacial score (nSPS) is 12.8. The second kappa shape index (κ2) is 5.02. The molecule has 1 aromatic heterocycles. The minimum Gasteiger partial charge on any atom is -0.394 e. The Bertz CT molecular complexity index is 310. The van der Waals surface area contributed by atoms with Crippen molar-refractivity contribution >= 4 is 11.5 Å². The number of rotatable bonds is 5. The molecule has 0 aliphatic carbocycles. The zero-order chi connectivity index (χ0) is 11.4. The molecule has 1 unspecified atom stereocenters. The number of aryl methyl sites for hydroxylation is 1. The number of hydrogen-bond acceptors (Lipinski definition) is 4. The van der Waals surface area contributed by atoms with Gasteiger partial charge in [0.05, 0.1) is 18.3 Å². The lowest BCUT2D eigenvalue weighted by Crippen LogP contribution is -2.36. The Morgan fingerprint density at radius 3 is 2.73 bits per heavy atom. The molecule has 0 amide bonds. The van der Waals surface area contributed by atoms with Gasteiger partial charge in [-0.1, -0.05) is 0 Å². The average molecular weight is 212 g/mol. The van der Waals surface area contributed by atoms with Crippen molar-refractivity contribution in [1.82, 2.24) is 9.78 Å². The van der Waals surface area contributed by atoms with Crippen LogP contribution in [0.15, 0.2) is 6.20 Å². The van der Waals surface area contributed by atoms with Crippen molar-refractivity contribution in [3.63, 3.8) is 0 Å². The molecule has 1 aromatic rings. The number of nitrogen functional groups attached to an aromatic ring is 1. The maximum absolute atomic E-state index is 5.89. The molecule has 0 saturated carbocycles. The zero-order valence-electron chi connectivity index (χ0n) is 9.90. The van der Waals surface area contributed by atoms with Crippen LogP contribution in [-0.4, -0.2) is 36.1 Å². The number of methoxy groups -OCH3 is 1. The van der Waals surface area contributed by atoms with Crippen molar-refractivity contribution < 1.29 is 4.74 Å². The van der Waals surface area contributed by atoms with Gasteiger partial charge in [-0.15, -0.1) is 0 Å². The quantitative estimate of drug-likeness (QED) is 0.786. The molecule has 86 valence electrons. The number of aromatic nitrogens is 2. The smallest absolute Gasteiger partial charge is 0.174 e. The first-order valence-corrected chi connectivity index (χ1v) is 5.14. The van der Waals surface area contributed by atoms with Gasteiger partial charge in [-0.25, -0.2) is 0 Å². The van der Waals surface area contributed by atoms with Gasteiger partial charge in [0, 0.05) is 26.9 Å². The monoisotopic (exact) mass is 212 g/mol. The zero-order valence-corrected chi connectivity index (χ0v) is 9.90. The second-order valence-electron chi connectivity index (χ2n) is 3.67. The summed E-state index contributed by atoms with van der Waals surface area (Å²) in [6.07, 6.45) is 1.82. The highest BCUT2D eigenvalue weighted by molar-refractivity contribution is 5.62. The van der Waals surface area contributed by atoms with Crippen LogP contribution >= 0.6 is 0 Å². The largest absolute Gasteiger partial charge is 0.394 e. The molecule has 0 spiro atoms. The lowest BCUT2D eigenvalue weighted by molar-refractivity contribution is 0.181. The highest BCUT2D eigenvalue weighted by Crippen LogP contribution is 2.22. The Kier molecular flexibility index (Phi) is 3.96. The first-order chi connectivity index (χ1) is 7.10. The molecule has 15 heavy (non-hydrogen) atoms. The third-order valence-corrected chi connectivity index (χ3v) is 2.39. The minimum absolute atomic E-state index is 0.275. The highest BCUT2D eigenvalue weighted by Gasteiger charge is 2.17. The molecular formula is C10H20N4O. The third kappa shape index (κ3) is 2.62. The SMILES string of the molecule is CCN(c1nn(C)cc1N)C(C)COC. The Balaban J connectivity index is 2.86. The van der Waals surface area contributed by atoms with E-state index in [-0.39, 0.29) is 6.04 Å². The molecule has 0 saturated heterocycles. The van der Waals surface area contributed by atoms with Crippen molar-refractivity contribution in [3.8, 4) is 0 Å². The van der Waals surface area contributed by atoms with E-state index < -0.39 is 0 Å². The molecule has 5 heteroatoms. The van der Waals surface area contributed by atoms with E-state index in [9.17, 15) is 0 Å². The summed E-state index contributed by atoms with van der Waals surface area (Å²) in [4.78, 5) is 2.14. The standard InChI is InChI=1S/C10H20N4O/c1-5-14(8(2)7-15-4)10-9(11)6-13(3)12-10/h6,8H,5,7,11H2,1-4H3. The molecule has 0 aromatic carbocycles. The fourth-order valence-electron chi connectivity index (χ4n) is 1.72. The van der Waals surface area contributed by atoms with E-state index in [4.69, 9.17) is 10.5 Å². The Hall–Kier alpha value is -1.23. The maximum Gasteiger partial charge on any atom is 0.174 e. The predicted molar refractivity (Wildman–Crippen MR) is 62.0 cm³/mol. The third-order valence-electron chi connectivity index (χ3n) is 2.39. The second-order valence-corrected chi connectivity index (χ2v) is 3.67. The molecule has 1 heterocycles. The van der Waals surface area contributed by atoms with Gasteiger partial charge < -0.3 is 15.4 Å². The molecule has 1 rings (SSSR count). The van der Waals surface area contributed by atoms with E-state index in [0.717, 1.165) is 12.4 Å². The van der Waals surface area contributed by atoms with Crippen LogP contribution in [0.4, 0.5) is 11.5 Å². The molecule has 0 bridgehead atoms. The number of ether oxygens (including phenoxy) is 1. The first-order valence-electron chi connectivity index (χ1n) is 5.14. The summed E-state index contributed by atoms with van der Waals surface area (Å²) in [6.45, 7) is 5.72. The van der Waals surface area contributed by atoms with Crippen molar-refractivity contribution in [2.24, 2.45) is 7.05 Å². The van der Waals surface area contributed by atoms with Gasteiger partial charge in [0.25, 0.3) is 0 Å². The molecule has 5 nitrogen and oxygen atoms in total. The van der Waals surface area contributed by atoms with Crippen LogP contribution in [0.3, 0.4) is 0 Å². The van der Waals surface area contributed by atoms with E-state index in [0.29, 0.717) is 12.3 Å². The van der Waals surface area contributed by atoms with Crippen LogP contribution in [0.2, 0.25) is 0 Å². The lowest BCUT2D eigenvalue weighted by Gasteiger charge is -2.27. The molecule has 2 N–H and O–H groups in total. The molecular weight excluding hydrogens is 192 g/mol. The van der Waals surface area contributed by atoms with Gasteiger partial charge in [0.1, 0.15) is 0 Å². The van der Waals surface area contributed by atoms with Crippen LogP contribution in [-0.2, 0) is 11.8 Å². The fraction of sp³-hybridized carbons (Fsp3) is 0.700. The van der Waals surface area contributed by atoms with E-state index >= 15 is 0 Å². The van der Waals surface area contributed by atoms with Crippen LogP contribution in [0, 0.1) is 0 Å². The van der Waals surface area contributed by atoms with Crippen LogP contribution < -0.4 is 10.6 Å². The number of nitrogens with two attached hydrogens (primary N) is 1. The molecule has 0 aliphatic heterocycles. The average Bonchev–Trinajstić information content (AvgIpc) is 2.47. The number of hydrogen-bond donors (Lipinski definition) is 1. The van der Waals surface area contributed by atoms with Gasteiger partial charge in [-0.05, 0) is 13.8 Å². The van der Waals surface area contributed by atoms with Gasteiger partial charge in [0.15, 0.2) is 5.82 Å². The van der Waals surface area contributed by atoms with Crippen molar-refractivity contribution in [2.45, 2.75) is 19.9 Å². The first kappa shape index (κ1) is 11.8. The topological polar surface area (TPSA) is 56.3 Å². The van der Waals surface area contributed by atoms with Gasteiger partial charge >= 0.3 is 0 Å². The summed E-state index contributed by atoms with van der Waals surface area (Å²) in [7, 11) is 3.57.